The van der Waals surface area contributed by atoms with Gasteiger partial charge in [-0.2, -0.15) is 4.98 Å². The van der Waals surface area contributed by atoms with E-state index < -0.39 is 16.9 Å². The highest BCUT2D eigenvalue weighted by molar-refractivity contribution is 5.96. The Morgan fingerprint density at radius 1 is 1.06 bits per heavy atom. The Bertz CT molecular complexity index is 1470. The average molecular weight is 467 g/mol. The van der Waals surface area contributed by atoms with Crippen molar-refractivity contribution in [3.63, 3.8) is 0 Å². The van der Waals surface area contributed by atoms with Crippen LogP contribution in [0.2, 0.25) is 0 Å². The molecule has 0 radical (unpaired) electrons. The number of H-pyrrole nitrogens is 1. The first kappa shape index (κ1) is 21.0. The first-order chi connectivity index (χ1) is 16.9. The fraction of sp³-hybridized carbons (Fsp3) is 0.192. The van der Waals surface area contributed by atoms with Gasteiger partial charge in [0, 0.05) is 28.4 Å². The van der Waals surface area contributed by atoms with Crippen molar-refractivity contribution in [1.82, 2.24) is 15.2 Å². The summed E-state index contributed by atoms with van der Waals surface area (Å²) in [6.45, 7) is 1.77. The van der Waals surface area contributed by atoms with Crippen LogP contribution in [0.3, 0.4) is 0 Å². The molecule has 3 aromatic carbocycles. The molecule has 2 bridgehead atoms. The lowest BCUT2D eigenvalue weighted by Crippen LogP contribution is -2.57. The number of aromatic nitrogens is 3. The minimum atomic E-state index is -1.53. The van der Waals surface area contributed by atoms with Crippen molar-refractivity contribution in [1.29, 1.82) is 0 Å². The van der Waals surface area contributed by atoms with Gasteiger partial charge in [-0.05, 0) is 30.2 Å². The van der Waals surface area contributed by atoms with Crippen LogP contribution < -0.4 is 5.32 Å². The van der Waals surface area contributed by atoms with Gasteiger partial charge in [-0.3, -0.25) is 25.3 Å². The minimum absolute atomic E-state index is 0.00821. The molecule has 3 N–H and O–H groups in total. The Hall–Kier alpha value is -4.53. The summed E-state index contributed by atoms with van der Waals surface area (Å²) in [6, 6.07) is 21.3. The second-order valence-corrected chi connectivity index (χ2v) is 9.30. The second kappa shape index (κ2) is 7.23. The zero-order chi connectivity index (χ0) is 24.4. The molecule has 3 aliphatic rings. The first-order valence-electron chi connectivity index (χ1n) is 11.2. The number of hydrogen-bond acceptors (Lipinski definition) is 6. The molecule has 1 aromatic heterocycles. The number of nitro groups is 1. The number of phenols is 1. The Morgan fingerprint density at radius 3 is 2.29 bits per heavy atom. The number of para-hydroxylation sites is 1. The van der Waals surface area contributed by atoms with Gasteiger partial charge in [0.15, 0.2) is 5.82 Å². The van der Waals surface area contributed by atoms with Crippen LogP contribution in [0.4, 0.5) is 5.95 Å². The van der Waals surface area contributed by atoms with Crippen molar-refractivity contribution in [3.05, 3.63) is 105 Å². The maximum atomic E-state index is 13.8. The first-order valence-corrected chi connectivity index (χ1v) is 11.2. The van der Waals surface area contributed by atoms with Crippen LogP contribution in [-0.4, -0.2) is 31.1 Å². The normalized spacial score (nSPS) is 23.9. The second-order valence-electron chi connectivity index (χ2n) is 9.30. The predicted octanol–water partition coefficient (Wildman–Crippen LogP) is 4.19. The van der Waals surface area contributed by atoms with Gasteiger partial charge in [0.05, 0.1) is 11.0 Å². The summed E-state index contributed by atoms with van der Waals surface area (Å²) in [5, 5.41) is 32.4. The molecular formula is C26H21N5O4. The number of carbonyl (C=O) groups is 1. The number of anilines is 1. The molecule has 1 atom stereocenters. The van der Waals surface area contributed by atoms with Gasteiger partial charge in [-0.25, -0.2) is 0 Å². The molecule has 1 unspecified atom stereocenters. The number of carbonyl (C=O) groups excluding carboxylic acids is 1. The summed E-state index contributed by atoms with van der Waals surface area (Å²) in [7, 11) is 0. The zero-order valence-corrected chi connectivity index (χ0v) is 18.7. The van der Waals surface area contributed by atoms with Crippen molar-refractivity contribution in [2.45, 2.75) is 24.8 Å². The third-order valence-corrected chi connectivity index (χ3v) is 7.40. The lowest BCUT2D eigenvalue weighted by atomic mass is 9.49. The van der Waals surface area contributed by atoms with Crippen LogP contribution in [-0.2, 0) is 10.3 Å². The molecule has 0 aliphatic heterocycles. The largest absolute Gasteiger partial charge is 0.507 e. The topological polar surface area (TPSA) is 134 Å². The Morgan fingerprint density at radius 2 is 1.66 bits per heavy atom. The van der Waals surface area contributed by atoms with Crippen molar-refractivity contribution >= 4 is 11.9 Å². The summed E-state index contributed by atoms with van der Waals surface area (Å²) >= 11 is 0. The van der Waals surface area contributed by atoms with E-state index in [1.54, 1.807) is 49.4 Å². The van der Waals surface area contributed by atoms with Crippen LogP contribution >= 0.6 is 0 Å². The summed E-state index contributed by atoms with van der Waals surface area (Å²) in [5.74, 6) is -0.410. The van der Waals surface area contributed by atoms with Crippen LogP contribution in [0.1, 0.15) is 41.5 Å². The fourth-order valence-corrected chi connectivity index (χ4v) is 5.90. The van der Waals surface area contributed by atoms with E-state index in [9.17, 15) is 20.0 Å². The van der Waals surface area contributed by atoms with Gasteiger partial charge in [0.2, 0.25) is 11.9 Å². The van der Waals surface area contributed by atoms with E-state index in [0.717, 1.165) is 11.1 Å². The number of fused-ring (bicyclic) bond motifs is 1. The Balaban J connectivity index is 1.43. The summed E-state index contributed by atoms with van der Waals surface area (Å²) in [6.07, 6.45) is 0.00821. The zero-order valence-electron chi connectivity index (χ0n) is 18.7. The third kappa shape index (κ3) is 2.78. The van der Waals surface area contributed by atoms with Gasteiger partial charge < -0.3 is 5.11 Å². The number of aromatic hydroxyl groups is 1. The van der Waals surface area contributed by atoms with Gasteiger partial charge >= 0.3 is 0 Å². The van der Waals surface area contributed by atoms with Crippen molar-refractivity contribution < 1.29 is 14.8 Å². The average Bonchev–Trinajstić information content (AvgIpc) is 3.32. The van der Waals surface area contributed by atoms with Crippen LogP contribution in [0.25, 0.3) is 11.4 Å². The quantitative estimate of drug-likeness (QED) is 0.304. The number of nitrogens with zero attached hydrogens (tertiary/aromatic N) is 3. The fourth-order valence-electron chi connectivity index (χ4n) is 5.90. The van der Waals surface area contributed by atoms with E-state index >= 15 is 0 Å². The van der Waals surface area contributed by atoms with E-state index in [0.29, 0.717) is 22.5 Å². The maximum absolute atomic E-state index is 13.8. The lowest BCUT2D eigenvalue weighted by molar-refractivity contribution is -0.573. The van der Waals surface area contributed by atoms with Crippen LogP contribution in [0, 0.1) is 15.5 Å². The molecular weight excluding hydrogens is 446 g/mol. The number of nitrogens with one attached hydrogen (secondary N) is 2. The summed E-state index contributed by atoms with van der Waals surface area (Å²) in [5.41, 5.74) is 0.629. The third-order valence-electron chi connectivity index (χ3n) is 7.40. The molecule has 9 heteroatoms. The van der Waals surface area contributed by atoms with E-state index in [1.165, 1.54) is 6.07 Å². The number of benzene rings is 3. The summed E-state index contributed by atoms with van der Waals surface area (Å²) < 4.78 is 0. The maximum Gasteiger partial charge on any atom is 0.273 e. The molecule has 0 spiro atoms. The number of phenolic OH excluding ortho intramolecular Hbond substituents is 1. The highest BCUT2D eigenvalue weighted by Crippen LogP contribution is 2.63. The van der Waals surface area contributed by atoms with Crippen LogP contribution in [0.15, 0.2) is 72.8 Å². The Kier molecular flexibility index (Phi) is 4.35. The molecule has 35 heavy (non-hydrogen) atoms. The van der Waals surface area contributed by atoms with E-state index in [-0.39, 0.29) is 29.0 Å². The minimum Gasteiger partial charge on any atom is -0.507 e. The lowest BCUT2D eigenvalue weighted by Gasteiger charge is -2.52. The molecule has 174 valence electrons. The van der Waals surface area contributed by atoms with E-state index in [4.69, 9.17) is 0 Å². The van der Waals surface area contributed by atoms with Crippen molar-refractivity contribution in [3.8, 4) is 17.1 Å². The van der Waals surface area contributed by atoms with Crippen molar-refractivity contribution in [2.24, 2.45) is 5.41 Å². The monoisotopic (exact) mass is 467 g/mol. The SMILES string of the molecule is CC1(C(=O)Nc2n[nH]c(-c3ccccc3O)n2)CC2([N+](=O)[O-])c3ccccc3C1c1ccccc12. The summed E-state index contributed by atoms with van der Waals surface area (Å²) in [4.78, 5) is 30.6. The number of rotatable bonds is 4. The van der Waals surface area contributed by atoms with E-state index in [1.807, 2.05) is 24.3 Å². The molecule has 1 heterocycles. The van der Waals surface area contributed by atoms with Gasteiger partial charge in [-0.1, -0.05) is 60.7 Å². The highest BCUT2D eigenvalue weighted by atomic mass is 16.6. The highest BCUT2D eigenvalue weighted by Gasteiger charge is 2.67. The number of hydrogen-bond donors (Lipinski definition) is 3. The smallest absolute Gasteiger partial charge is 0.273 e. The predicted molar refractivity (Wildman–Crippen MR) is 127 cm³/mol. The van der Waals surface area contributed by atoms with Gasteiger partial charge in [0.25, 0.3) is 5.54 Å². The molecule has 7 rings (SSSR count). The van der Waals surface area contributed by atoms with Gasteiger partial charge in [0.1, 0.15) is 5.75 Å². The van der Waals surface area contributed by atoms with Crippen LogP contribution in [0.5, 0.6) is 5.75 Å². The molecule has 0 saturated carbocycles. The molecule has 4 aromatic rings. The number of amides is 1. The molecule has 3 aliphatic carbocycles. The number of aromatic amines is 1. The molecule has 9 nitrogen and oxygen atoms in total. The molecule has 0 fully saturated rings. The molecule has 1 amide bonds. The molecule has 0 saturated heterocycles. The van der Waals surface area contributed by atoms with Crippen molar-refractivity contribution in [2.75, 3.05) is 5.32 Å². The Labute approximate surface area is 200 Å². The standard InChI is InChI=1S/C26H21N5O4/c1-25(23(33)28-24-27-22(29-30-24)17-10-4-7-13-20(17)32)14-26(31(34)35)18-11-5-2-8-15(18)21(25)16-9-3-6-12-19(16)26/h2-13,21,32H,14H2,1H3,(H2,27,28,29,30,33). The van der Waals surface area contributed by atoms with Gasteiger partial charge in [-0.15, -0.1) is 5.10 Å². The van der Waals surface area contributed by atoms with E-state index in [2.05, 4.69) is 20.5 Å².